The van der Waals surface area contributed by atoms with E-state index >= 15 is 0 Å². The molecule has 1 amide bonds. The van der Waals surface area contributed by atoms with Crippen molar-refractivity contribution in [3.63, 3.8) is 0 Å². The highest BCUT2D eigenvalue weighted by Crippen LogP contribution is 2.35. The topological polar surface area (TPSA) is 51.2 Å². The fourth-order valence-corrected chi connectivity index (χ4v) is 4.65. The summed E-state index contributed by atoms with van der Waals surface area (Å²) in [5.74, 6) is 0.193. The zero-order valence-corrected chi connectivity index (χ0v) is 19.2. The van der Waals surface area contributed by atoms with Crippen molar-refractivity contribution >= 4 is 33.0 Å². The number of benzene rings is 4. The summed E-state index contributed by atoms with van der Waals surface area (Å²) in [4.78, 5) is 18.0. The Bertz CT molecular complexity index is 1470. The molecule has 0 aliphatic rings. The molecule has 5 aromatic rings. The molecule has 0 atom stereocenters. The van der Waals surface area contributed by atoms with Crippen LogP contribution in [0, 0.1) is 12.7 Å². The van der Waals surface area contributed by atoms with E-state index < -0.39 is 0 Å². The lowest BCUT2D eigenvalue weighted by atomic mass is 10.0. The summed E-state index contributed by atoms with van der Waals surface area (Å²) in [6.07, 6.45) is 0. The number of hydrogen-bond donors (Lipinski definition) is 1. The second-order valence-electron chi connectivity index (χ2n) is 7.88. The number of rotatable bonds is 6. The van der Waals surface area contributed by atoms with Gasteiger partial charge in [0.2, 0.25) is 0 Å². The van der Waals surface area contributed by atoms with Gasteiger partial charge in [-0.05, 0) is 65.7 Å². The second-order valence-corrected chi connectivity index (χ2v) is 8.96. The molecule has 0 aliphatic heterocycles. The van der Waals surface area contributed by atoms with E-state index in [0.717, 1.165) is 22.1 Å². The van der Waals surface area contributed by atoms with Gasteiger partial charge in [0.25, 0.3) is 5.91 Å². The summed E-state index contributed by atoms with van der Waals surface area (Å²) in [5.41, 5.74) is 2.98. The number of aryl methyl sites for hydroxylation is 1. The van der Waals surface area contributed by atoms with E-state index in [2.05, 4.69) is 5.32 Å². The monoisotopic (exact) mass is 468 g/mol. The van der Waals surface area contributed by atoms with Crippen LogP contribution in [0.3, 0.4) is 0 Å². The van der Waals surface area contributed by atoms with Crippen LogP contribution in [0.1, 0.15) is 20.9 Å². The van der Waals surface area contributed by atoms with Crippen molar-refractivity contribution in [1.29, 1.82) is 0 Å². The molecular formula is C28H21FN2O2S. The third-order valence-electron chi connectivity index (χ3n) is 5.40. The van der Waals surface area contributed by atoms with Crippen LogP contribution in [0.25, 0.3) is 22.0 Å². The predicted molar refractivity (Wildman–Crippen MR) is 135 cm³/mol. The molecule has 0 aliphatic carbocycles. The largest absolute Gasteiger partial charge is 0.486 e. The zero-order valence-electron chi connectivity index (χ0n) is 18.4. The second kappa shape index (κ2) is 9.45. The van der Waals surface area contributed by atoms with Crippen molar-refractivity contribution in [3.8, 4) is 17.0 Å². The lowest BCUT2D eigenvalue weighted by Gasteiger charge is -2.08. The Kier molecular flexibility index (Phi) is 6.06. The first-order valence-corrected chi connectivity index (χ1v) is 11.6. The maximum atomic E-state index is 13.5. The molecule has 34 heavy (non-hydrogen) atoms. The van der Waals surface area contributed by atoms with Crippen LogP contribution in [0.5, 0.6) is 5.75 Å². The van der Waals surface area contributed by atoms with Crippen LogP contribution in [-0.4, -0.2) is 10.9 Å². The Morgan fingerprint density at radius 2 is 1.74 bits per heavy atom. The van der Waals surface area contributed by atoms with E-state index in [0.29, 0.717) is 26.8 Å². The molecule has 0 bridgehead atoms. The average Bonchev–Trinajstić information content (AvgIpc) is 3.25. The number of thiazole rings is 1. The Labute approximate surface area is 200 Å². The fraction of sp³-hybridized carbons (Fsp3) is 0.0714. The normalized spacial score (nSPS) is 10.9. The molecule has 0 saturated heterocycles. The summed E-state index contributed by atoms with van der Waals surface area (Å²) in [7, 11) is 0. The van der Waals surface area contributed by atoms with E-state index in [4.69, 9.17) is 9.72 Å². The fourth-order valence-electron chi connectivity index (χ4n) is 3.76. The molecule has 1 N–H and O–H groups in total. The van der Waals surface area contributed by atoms with Gasteiger partial charge < -0.3 is 10.1 Å². The van der Waals surface area contributed by atoms with Crippen LogP contribution < -0.4 is 10.1 Å². The molecular weight excluding hydrogens is 447 g/mol. The minimum absolute atomic E-state index is 0.227. The number of nitrogens with zero attached hydrogens (tertiary/aromatic N) is 1. The number of fused-ring (bicyclic) bond motifs is 1. The lowest BCUT2D eigenvalue weighted by Crippen LogP contribution is -2.12. The summed E-state index contributed by atoms with van der Waals surface area (Å²) < 4.78 is 19.4. The number of anilines is 1. The molecule has 0 spiro atoms. The number of aromatic nitrogens is 1. The first kappa shape index (κ1) is 21.8. The van der Waals surface area contributed by atoms with Gasteiger partial charge in [0.05, 0.1) is 0 Å². The maximum absolute atomic E-state index is 13.5. The number of ether oxygens (including phenoxy) is 1. The molecule has 0 unspecified atom stereocenters. The quantitative estimate of drug-likeness (QED) is 0.286. The van der Waals surface area contributed by atoms with Crippen molar-refractivity contribution in [1.82, 2.24) is 4.98 Å². The van der Waals surface area contributed by atoms with Gasteiger partial charge in [-0.25, -0.2) is 9.37 Å². The first-order chi connectivity index (χ1) is 16.6. The summed E-state index contributed by atoms with van der Waals surface area (Å²) in [5, 5.41) is 6.19. The van der Waals surface area contributed by atoms with Crippen LogP contribution in [0.2, 0.25) is 0 Å². The van der Waals surface area contributed by atoms with Crippen LogP contribution >= 0.6 is 11.3 Å². The van der Waals surface area contributed by atoms with E-state index in [1.54, 1.807) is 18.2 Å². The Balaban J connectivity index is 1.46. The number of nitrogens with one attached hydrogen (secondary N) is 1. The lowest BCUT2D eigenvalue weighted by molar-refractivity contribution is 0.102. The third kappa shape index (κ3) is 4.67. The van der Waals surface area contributed by atoms with Gasteiger partial charge in [-0.1, -0.05) is 59.9 Å². The van der Waals surface area contributed by atoms with Crippen molar-refractivity contribution in [2.75, 3.05) is 5.32 Å². The predicted octanol–water partition coefficient (Wildman–Crippen LogP) is 7.24. The van der Waals surface area contributed by atoms with Gasteiger partial charge in [-0.2, -0.15) is 0 Å². The van der Waals surface area contributed by atoms with E-state index in [1.165, 1.54) is 23.5 Å². The third-order valence-corrected chi connectivity index (χ3v) is 6.35. The molecule has 168 valence electrons. The minimum Gasteiger partial charge on any atom is -0.486 e. The minimum atomic E-state index is -0.330. The smallest absolute Gasteiger partial charge is 0.256 e. The Morgan fingerprint density at radius 3 is 2.56 bits per heavy atom. The number of hydrogen-bond acceptors (Lipinski definition) is 4. The van der Waals surface area contributed by atoms with E-state index in [1.807, 2.05) is 67.6 Å². The molecule has 1 heterocycles. The molecule has 0 fully saturated rings. The van der Waals surface area contributed by atoms with Gasteiger partial charge in [0.1, 0.15) is 33.9 Å². The van der Waals surface area contributed by atoms with Gasteiger partial charge in [-0.15, -0.1) is 0 Å². The van der Waals surface area contributed by atoms with Gasteiger partial charge in [-0.3, -0.25) is 4.79 Å². The van der Waals surface area contributed by atoms with Gasteiger partial charge >= 0.3 is 0 Å². The standard InChI is InChI=1S/C28H21FN2O2S/c1-18-6-4-9-22(16-18)33-17-25-30-26(20-12-14-21(29)15-13-20)28(34-25)31-27(32)24-11-5-8-19-7-2-3-10-23(19)24/h2-16H,17H2,1H3,(H,31,32). The van der Waals surface area contributed by atoms with Crippen molar-refractivity contribution in [2.45, 2.75) is 13.5 Å². The molecule has 0 radical (unpaired) electrons. The van der Waals surface area contributed by atoms with Crippen molar-refractivity contribution in [2.24, 2.45) is 0 Å². The first-order valence-electron chi connectivity index (χ1n) is 10.8. The van der Waals surface area contributed by atoms with Crippen molar-refractivity contribution in [3.05, 3.63) is 113 Å². The number of carbonyl (C=O) groups is 1. The van der Waals surface area contributed by atoms with Gasteiger partial charge in [0.15, 0.2) is 0 Å². The molecule has 1 aromatic heterocycles. The molecule has 5 rings (SSSR count). The summed E-state index contributed by atoms with van der Waals surface area (Å²) in [6, 6.07) is 27.3. The Morgan fingerprint density at radius 1 is 0.971 bits per heavy atom. The van der Waals surface area contributed by atoms with E-state index in [-0.39, 0.29) is 18.3 Å². The molecule has 6 heteroatoms. The molecule has 0 saturated carbocycles. The summed E-state index contributed by atoms with van der Waals surface area (Å²) >= 11 is 1.35. The average molecular weight is 469 g/mol. The van der Waals surface area contributed by atoms with E-state index in [9.17, 15) is 9.18 Å². The highest BCUT2D eigenvalue weighted by atomic mass is 32.1. The van der Waals surface area contributed by atoms with Crippen molar-refractivity contribution < 1.29 is 13.9 Å². The number of halogens is 1. The highest BCUT2D eigenvalue weighted by molar-refractivity contribution is 7.16. The molecule has 4 aromatic carbocycles. The number of amides is 1. The SMILES string of the molecule is Cc1cccc(OCc2nc(-c3ccc(F)cc3)c(NC(=O)c3cccc4ccccc34)s2)c1. The number of carbonyl (C=O) groups excluding carboxylic acids is 1. The molecule has 4 nitrogen and oxygen atoms in total. The van der Waals surface area contributed by atoms with Crippen LogP contribution in [0.15, 0.2) is 91.0 Å². The van der Waals surface area contributed by atoms with Gasteiger partial charge in [0, 0.05) is 11.1 Å². The van der Waals surface area contributed by atoms with Crippen LogP contribution in [0.4, 0.5) is 9.39 Å². The van der Waals surface area contributed by atoms with Crippen LogP contribution in [-0.2, 0) is 6.61 Å². The summed E-state index contributed by atoms with van der Waals surface area (Å²) in [6.45, 7) is 2.26. The highest BCUT2D eigenvalue weighted by Gasteiger charge is 2.18. The Hall–Kier alpha value is -4.03. The zero-order chi connectivity index (χ0) is 23.5. The maximum Gasteiger partial charge on any atom is 0.256 e.